The van der Waals surface area contributed by atoms with E-state index >= 15 is 0 Å². The number of nitrogen functional groups attached to an aromatic ring is 1. The molecule has 0 fully saturated rings. The fourth-order valence-electron chi connectivity index (χ4n) is 2.83. The van der Waals surface area contributed by atoms with Crippen LogP contribution in [-0.4, -0.2) is 56.8 Å². The molecule has 0 amide bonds. The summed E-state index contributed by atoms with van der Waals surface area (Å²) >= 11 is 1.64. The molecule has 2 aromatic rings. The van der Waals surface area contributed by atoms with E-state index in [2.05, 4.69) is 16.5 Å². The molecule has 0 unspecified atom stereocenters. The number of hydrogen-bond donors (Lipinski definition) is 5. The third kappa shape index (κ3) is 6.22. The SMILES string of the molecule is C=CCN1CCc2nc(N)sc2CC1.N[C@@H](Cc1ccc(O)c(O)c1)C(=O)O. The van der Waals surface area contributed by atoms with Crippen molar-refractivity contribution in [3.05, 3.63) is 47.0 Å². The van der Waals surface area contributed by atoms with E-state index in [4.69, 9.17) is 26.8 Å². The Bertz CT molecular complexity index is 799. The summed E-state index contributed by atoms with van der Waals surface area (Å²) in [4.78, 5) is 18.5. The topological polar surface area (TPSA) is 146 Å². The van der Waals surface area contributed by atoms with Gasteiger partial charge in [-0.3, -0.25) is 9.69 Å². The molecule has 7 N–H and O–H groups in total. The standard InChI is InChI=1S/C10H15N3S.C9H11NO4/c1-2-5-13-6-3-8-9(4-7-13)14-10(11)12-8;10-6(9(13)14)3-5-1-2-7(11)8(12)4-5/h2H,1,3-7H2,(H2,11,12);1-2,4,6,11-12H,3,10H2,(H,13,14)/t;6-/m.0/s1. The van der Waals surface area contributed by atoms with Gasteiger partial charge in [-0.1, -0.05) is 12.1 Å². The Labute approximate surface area is 167 Å². The number of phenols is 2. The second-order valence-electron chi connectivity index (χ2n) is 6.48. The van der Waals surface area contributed by atoms with E-state index in [1.165, 1.54) is 28.8 Å². The molecule has 0 saturated carbocycles. The maximum absolute atomic E-state index is 10.4. The third-order valence-corrected chi connectivity index (χ3v) is 5.30. The van der Waals surface area contributed by atoms with Crippen molar-refractivity contribution >= 4 is 22.4 Å². The quantitative estimate of drug-likeness (QED) is 0.370. The number of rotatable bonds is 5. The highest BCUT2D eigenvalue weighted by atomic mass is 32.1. The zero-order valence-electron chi connectivity index (χ0n) is 15.5. The number of hydrogen-bond acceptors (Lipinski definition) is 8. The number of nitrogens with two attached hydrogens (primary N) is 2. The Morgan fingerprint density at radius 1 is 1.32 bits per heavy atom. The second-order valence-corrected chi connectivity index (χ2v) is 7.60. The van der Waals surface area contributed by atoms with E-state index < -0.39 is 12.0 Å². The molecule has 0 aliphatic carbocycles. The van der Waals surface area contributed by atoms with Gasteiger partial charge in [0.1, 0.15) is 6.04 Å². The third-order valence-electron chi connectivity index (χ3n) is 4.31. The van der Waals surface area contributed by atoms with Crippen molar-refractivity contribution in [1.82, 2.24) is 9.88 Å². The first-order chi connectivity index (χ1) is 13.3. The molecule has 2 heterocycles. The first kappa shape index (κ1) is 21.7. The van der Waals surface area contributed by atoms with Gasteiger partial charge in [-0.05, 0) is 30.5 Å². The average molecular weight is 407 g/mol. The summed E-state index contributed by atoms with van der Waals surface area (Å²) in [7, 11) is 0. The summed E-state index contributed by atoms with van der Waals surface area (Å²) in [6, 6.07) is 3.09. The summed E-state index contributed by atoms with van der Waals surface area (Å²) in [5.41, 5.74) is 12.7. The number of carbonyl (C=O) groups is 1. The van der Waals surface area contributed by atoms with Gasteiger partial charge in [0.2, 0.25) is 0 Å². The minimum Gasteiger partial charge on any atom is -0.504 e. The molecule has 0 radical (unpaired) electrons. The molecule has 1 aromatic carbocycles. The van der Waals surface area contributed by atoms with E-state index in [1.807, 2.05) is 6.08 Å². The molecule has 0 spiro atoms. The zero-order chi connectivity index (χ0) is 20.7. The number of aliphatic carboxylic acids is 1. The number of nitrogens with zero attached hydrogens (tertiary/aromatic N) is 2. The highest BCUT2D eigenvalue weighted by Crippen LogP contribution is 2.25. The lowest BCUT2D eigenvalue weighted by molar-refractivity contribution is -0.138. The molecular formula is C19H26N4O4S. The van der Waals surface area contributed by atoms with Gasteiger partial charge in [0, 0.05) is 30.9 Å². The largest absolute Gasteiger partial charge is 0.504 e. The summed E-state index contributed by atoms with van der Waals surface area (Å²) in [5.74, 6) is -1.62. The lowest BCUT2D eigenvalue weighted by atomic mass is 10.1. The Balaban J connectivity index is 0.000000200. The average Bonchev–Trinajstić information content (AvgIpc) is 2.90. The Morgan fingerprint density at radius 3 is 2.68 bits per heavy atom. The van der Waals surface area contributed by atoms with E-state index in [0.717, 1.165) is 32.5 Å². The van der Waals surface area contributed by atoms with Crippen molar-refractivity contribution in [2.45, 2.75) is 25.3 Å². The fraction of sp³-hybridized carbons (Fsp3) is 0.368. The minimum absolute atomic E-state index is 0.114. The summed E-state index contributed by atoms with van der Waals surface area (Å²) in [6.45, 7) is 6.91. The molecule has 3 rings (SSSR count). The predicted octanol–water partition coefficient (Wildman–Crippen LogP) is 1.36. The van der Waals surface area contributed by atoms with Crippen LogP contribution in [-0.2, 0) is 24.1 Å². The molecule has 152 valence electrons. The lowest BCUT2D eigenvalue weighted by Gasteiger charge is -2.16. The van der Waals surface area contributed by atoms with Crippen LogP contribution in [0.15, 0.2) is 30.9 Å². The summed E-state index contributed by atoms with van der Waals surface area (Å²) in [5, 5.41) is 27.3. The fourth-order valence-corrected chi connectivity index (χ4v) is 3.70. The number of benzene rings is 1. The number of aromatic hydroxyl groups is 2. The normalized spacial score (nSPS) is 14.9. The van der Waals surface area contributed by atoms with Gasteiger partial charge in [0.25, 0.3) is 0 Å². The number of anilines is 1. The van der Waals surface area contributed by atoms with Crippen molar-refractivity contribution < 1.29 is 20.1 Å². The highest BCUT2D eigenvalue weighted by molar-refractivity contribution is 7.15. The highest BCUT2D eigenvalue weighted by Gasteiger charge is 2.16. The van der Waals surface area contributed by atoms with Gasteiger partial charge in [-0.15, -0.1) is 17.9 Å². The summed E-state index contributed by atoms with van der Waals surface area (Å²) in [6.07, 6.45) is 4.18. The Hall–Kier alpha value is -2.62. The van der Waals surface area contributed by atoms with Crippen LogP contribution in [0.25, 0.3) is 0 Å². The predicted molar refractivity (Wildman–Crippen MR) is 110 cm³/mol. The van der Waals surface area contributed by atoms with Gasteiger partial charge in [0.15, 0.2) is 16.6 Å². The van der Waals surface area contributed by atoms with Crippen molar-refractivity contribution in [3.63, 3.8) is 0 Å². The van der Waals surface area contributed by atoms with E-state index in [1.54, 1.807) is 11.3 Å². The van der Waals surface area contributed by atoms with Crippen LogP contribution < -0.4 is 11.5 Å². The minimum atomic E-state index is -1.10. The maximum atomic E-state index is 10.4. The molecule has 0 bridgehead atoms. The van der Waals surface area contributed by atoms with Crippen LogP contribution in [0.2, 0.25) is 0 Å². The van der Waals surface area contributed by atoms with Crippen LogP contribution in [0, 0.1) is 0 Å². The number of thiazole rings is 1. The molecule has 1 aliphatic rings. The molecule has 1 atom stereocenters. The number of fused-ring (bicyclic) bond motifs is 1. The van der Waals surface area contributed by atoms with Gasteiger partial charge in [-0.2, -0.15) is 0 Å². The smallest absolute Gasteiger partial charge is 0.320 e. The lowest BCUT2D eigenvalue weighted by Crippen LogP contribution is -2.32. The van der Waals surface area contributed by atoms with Crippen molar-refractivity contribution in [2.24, 2.45) is 5.73 Å². The number of carboxylic acid groups (broad SMARTS) is 1. The van der Waals surface area contributed by atoms with E-state index in [-0.39, 0.29) is 17.9 Å². The van der Waals surface area contributed by atoms with Crippen LogP contribution in [0.5, 0.6) is 11.5 Å². The Kier molecular flexibility index (Phi) is 7.80. The van der Waals surface area contributed by atoms with Crippen molar-refractivity contribution in [1.29, 1.82) is 0 Å². The van der Waals surface area contributed by atoms with Crippen molar-refractivity contribution in [2.75, 3.05) is 25.4 Å². The molecule has 8 nitrogen and oxygen atoms in total. The van der Waals surface area contributed by atoms with Crippen LogP contribution in [0.4, 0.5) is 5.13 Å². The molecule has 0 saturated heterocycles. The Morgan fingerprint density at radius 2 is 2.04 bits per heavy atom. The first-order valence-electron chi connectivity index (χ1n) is 8.86. The van der Waals surface area contributed by atoms with E-state index in [0.29, 0.717) is 10.7 Å². The van der Waals surface area contributed by atoms with Crippen LogP contribution in [0.1, 0.15) is 16.1 Å². The molecule has 1 aliphatic heterocycles. The first-order valence-corrected chi connectivity index (χ1v) is 9.68. The maximum Gasteiger partial charge on any atom is 0.320 e. The molecule has 1 aromatic heterocycles. The van der Waals surface area contributed by atoms with Gasteiger partial charge >= 0.3 is 5.97 Å². The number of phenolic OH excluding ortho intramolecular Hbond substituents is 2. The molecular weight excluding hydrogens is 380 g/mol. The number of carboxylic acids is 1. The number of aromatic nitrogens is 1. The van der Waals surface area contributed by atoms with Gasteiger partial charge < -0.3 is 26.8 Å². The van der Waals surface area contributed by atoms with Crippen LogP contribution in [0.3, 0.4) is 0 Å². The zero-order valence-corrected chi connectivity index (χ0v) is 16.4. The molecule has 28 heavy (non-hydrogen) atoms. The van der Waals surface area contributed by atoms with Gasteiger partial charge in [0.05, 0.1) is 5.69 Å². The summed E-state index contributed by atoms with van der Waals surface area (Å²) < 4.78 is 0. The van der Waals surface area contributed by atoms with Crippen molar-refractivity contribution in [3.8, 4) is 11.5 Å². The molecule has 9 heteroatoms. The monoisotopic (exact) mass is 406 g/mol. The van der Waals surface area contributed by atoms with E-state index in [9.17, 15) is 4.79 Å². The van der Waals surface area contributed by atoms with Crippen LogP contribution >= 0.6 is 11.3 Å². The second kappa shape index (κ2) is 10.1. The van der Waals surface area contributed by atoms with Gasteiger partial charge in [-0.25, -0.2) is 4.98 Å².